The largest absolute Gasteiger partial charge is 0.382 e. The maximum atomic E-state index is 12.5. The predicted octanol–water partition coefficient (Wildman–Crippen LogP) is 3.21. The minimum Gasteiger partial charge on any atom is -0.382 e. The first-order valence-electron chi connectivity index (χ1n) is 10.2. The lowest BCUT2D eigenvalue weighted by atomic mass is 9.97. The van der Waals surface area contributed by atoms with E-state index in [0.717, 1.165) is 49.5 Å². The molecule has 1 aliphatic rings. The van der Waals surface area contributed by atoms with Gasteiger partial charge in [-0.3, -0.25) is 4.79 Å². The molecule has 0 bridgehead atoms. The van der Waals surface area contributed by atoms with Gasteiger partial charge in [-0.1, -0.05) is 24.3 Å². The quantitative estimate of drug-likeness (QED) is 0.710. The molecule has 1 N–H and O–H groups in total. The van der Waals surface area contributed by atoms with Gasteiger partial charge in [-0.15, -0.1) is 10.2 Å². The summed E-state index contributed by atoms with van der Waals surface area (Å²) in [6, 6.07) is 12.2. The van der Waals surface area contributed by atoms with Crippen molar-refractivity contribution in [2.75, 3.05) is 37.7 Å². The van der Waals surface area contributed by atoms with Crippen LogP contribution in [-0.2, 0) is 9.53 Å². The highest BCUT2D eigenvalue weighted by Gasteiger charge is 2.26. The number of amides is 1. The zero-order chi connectivity index (χ0) is 19.8. The first-order valence-corrected chi connectivity index (χ1v) is 10.2. The van der Waals surface area contributed by atoms with E-state index in [2.05, 4.69) is 39.5 Å². The van der Waals surface area contributed by atoms with Gasteiger partial charge >= 0.3 is 0 Å². The molecule has 1 aromatic carbocycles. The van der Waals surface area contributed by atoms with E-state index in [1.807, 2.05) is 31.2 Å². The number of piperidine rings is 1. The molecule has 6 nitrogen and oxygen atoms in total. The smallest absolute Gasteiger partial charge is 0.224 e. The number of benzene rings is 1. The Kier molecular flexibility index (Phi) is 7.37. The summed E-state index contributed by atoms with van der Waals surface area (Å²) in [4.78, 5) is 14.6. The lowest BCUT2D eigenvalue weighted by Crippen LogP contribution is -2.43. The van der Waals surface area contributed by atoms with E-state index in [1.54, 1.807) is 0 Å². The molecule has 150 valence electrons. The van der Waals surface area contributed by atoms with Gasteiger partial charge in [-0.2, -0.15) is 0 Å². The standard InChI is InChI=1S/C22H30N4O2/c1-3-28-15-7-13-23-22(27)18-9-6-14-26(16-18)21-12-11-20(24-25-21)19-10-5-4-8-17(19)2/h4-5,8,10-12,18H,3,6-7,9,13-16H2,1-2H3,(H,23,27). The molecule has 0 spiro atoms. The van der Waals surface area contributed by atoms with Crippen molar-refractivity contribution in [3.63, 3.8) is 0 Å². The summed E-state index contributed by atoms with van der Waals surface area (Å²) < 4.78 is 5.31. The van der Waals surface area contributed by atoms with Crippen LogP contribution in [0.1, 0.15) is 31.7 Å². The van der Waals surface area contributed by atoms with Crippen LogP contribution in [0.3, 0.4) is 0 Å². The third-order valence-electron chi connectivity index (χ3n) is 5.16. The van der Waals surface area contributed by atoms with Crippen molar-refractivity contribution in [3.8, 4) is 11.3 Å². The second-order valence-electron chi connectivity index (χ2n) is 7.22. The average molecular weight is 383 g/mol. The van der Waals surface area contributed by atoms with Gasteiger partial charge in [-0.25, -0.2) is 0 Å². The van der Waals surface area contributed by atoms with Crippen LogP contribution < -0.4 is 10.2 Å². The molecule has 1 saturated heterocycles. The van der Waals surface area contributed by atoms with Gasteiger partial charge < -0.3 is 15.0 Å². The Balaban J connectivity index is 1.56. The van der Waals surface area contributed by atoms with E-state index in [1.165, 1.54) is 5.56 Å². The molecule has 3 rings (SSSR count). The van der Waals surface area contributed by atoms with Crippen LogP contribution in [0.2, 0.25) is 0 Å². The van der Waals surface area contributed by atoms with Crippen molar-refractivity contribution in [2.45, 2.75) is 33.1 Å². The Bertz CT molecular complexity index is 763. The maximum Gasteiger partial charge on any atom is 0.224 e. The Morgan fingerprint density at radius 1 is 1.25 bits per heavy atom. The van der Waals surface area contributed by atoms with Crippen molar-refractivity contribution in [3.05, 3.63) is 42.0 Å². The molecule has 2 heterocycles. The summed E-state index contributed by atoms with van der Waals surface area (Å²) in [6.07, 6.45) is 2.75. The van der Waals surface area contributed by atoms with E-state index >= 15 is 0 Å². The molecule has 0 radical (unpaired) electrons. The minimum absolute atomic E-state index is 0.00121. The number of nitrogens with zero attached hydrogens (tertiary/aromatic N) is 3. The van der Waals surface area contributed by atoms with Gasteiger partial charge in [0.2, 0.25) is 5.91 Å². The maximum absolute atomic E-state index is 12.5. The highest BCUT2D eigenvalue weighted by atomic mass is 16.5. The SMILES string of the molecule is CCOCCCNC(=O)C1CCCN(c2ccc(-c3ccccc3C)nn2)C1. The number of nitrogens with one attached hydrogen (secondary N) is 1. The molecule has 0 aliphatic carbocycles. The lowest BCUT2D eigenvalue weighted by molar-refractivity contribution is -0.125. The van der Waals surface area contributed by atoms with E-state index < -0.39 is 0 Å². The Labute approximate surface area is 167 Å². The molecule has 1 aliphatic heterocycles. The van der Waals surface area contributed by atoms with Gasteiger partial charge in [-0.05, 0) is 50.8 Å². The molecule has 2 aromatic rings. The second kappa shape index (κ2) is 10.2. The molecule has 0 saturated carbocycles. The van der Waals surface area contributed by atoms with E-state index in [0.29, 0.717) is 19.7 Å². The molecule has 1 unspecified atom stereocenters. The van der Waals surface area contributed by atoms with E-state index in [9.17, 15) is 4.79 Å². The zero-order valence-corrected chi connectivity index (χ0v) is 16.9. The van der Waals surface area contributed by atoms with Crippen LogP contribution in [0.4, 0.5) is 5.82 Å². The molecule has 1 amide bonds. The van der Waals surface area contributed by atoms with Gasteiger partial charge in [0.05, 0.1) is 11.6 Å². The van der Waals surface area contributed by atoms with Gasteiger partial charge in [0.15, 0.2) is 5.82 Å². The second-order valence-corrected chi connectivity index (χ2v) is 7.22. The molecule has 1 fully saturated rings. The Morgan fingerprint density at radius 2 is 2.11 bits per heavy atom. The van der Waals surface area contributed by atoms with Gasteiger partial charge in [0.1, 0.15) is 0 Å². The molecule has 1 aromatic heterocycles. The minimum atomic E-state index is -0.00121. The summed E-state index contributed by atoms with van der Waals surface area (Å²) >= 11 is 0. The monoisotopic (exact) mass is 382 g/mol. The van der Waals surface area contributed by atoms with E-state index in [4.69, 9.17) is 4.74 Å². The highest BCUT2D eigenvalue weighted by Crippen LogP contribution is 2.24. The highest BCUT2D eigenvalue weighted by molar-refractivity contribution is 5.79. The van der Waals surface area contributed by atoms with Crippen LogP contribution in [0.5, 0.6) is 0 Å². The number of anilines is 1. The number of hydrogen-bond acceptors (Lipinski definition) is 5. The number of carbonyl (C=O) groups excluding carboxylic acids is 1. The molecule has 6 heteroatoms. The van der Waals surface area contributed by atoms with Crippen LogP contribution in [-0.4, -0.2) is 49.0 Å². The predicted molar refractivity (Wildman–Crippen MR) is 111 cm³/mol. The zero-order valence-electron chi connectivity index (χ0n) is 16.9. The number of hydrogen-bond donors (Lipinski definition) is 1. The number of carbonyl (C=O) groups is 1. The van der Waals surface area contributed by atoms with Crippen molar-refractivity contribution < 1.29 is 9.53 Å². The third kappa shape index (κ3) is 5.29. The van der Waals surface area contributed by atoms with Gasteiger partial charge in [0.25, 0.3) is 0 Å². The molecule has 1 atom stereocenters. The summed E-state index contributed by atoms with van der Waals surface area (Å²) in [7, 11) is 0. The fourth-order valence-electron chi connectivity index (χ4n) is 3.57. The van der Waals surface area contributed by atoms with Crippen LogP contribution in [0, 0.1) is 12.8 Å². The molecular weight excluding hydrogens is 352 g/mol. The average Bonchev–Trinajstić information content (AvgIpc) is 2.74. The number of rotatable bonds is 8. The van der Waals surface area contributed by atoms with Crippen LogP contribution in [0.25, 0.3) is 11.3 Å². The summed E-state index contributed by atoms with van der Waals surface area (Å²) in [6.45, 7) is 7.73. The molecular formula is C22H30N4O2. The third-order valence-corrected chi connectivity index (χ3v) is 5.16. The first-order chi connectivity index (χ1) is 13.7. The van der Waals surface area contributed by atoms with Crippen molar-refractivity contribution in [1.82, 2.24) is 15.5 Å². The first kappa shape index (κ1) is 20.3. The number of ether oxygens (including phenoxy) is 1. The van der Waals surface area contributed by atoms with Crippen molar-refractivity contribution >= 4 is 11.7 Å². The lowest BCUT2D eigenvalue weighted by Gasteiger charge is -2.32. The molecule has 28 heavy (non-hydrogen) atoms. The summed E-state index contributed by atoms with van der Waals surface area (Å²) in [5, 5.41) is 11.9. The van der Waals surface area contributed by atoms with Crippen molar-refractivity contribution in [1.29, 1.82) is 0 Å². The fraction of sp³-hybridized carbons (Fsp3) is 0.500. The van der Waals surface area contributed by atoms with Crippen LogP contribution >= 0.6 is 0 Å². The topological polar surface area (TPSA) is 67.3 Å². The van der Waals surface area contributed by atoms with E-state index in [-0.39, 0.29) is 11.8 Å². The summed E-state index contributed by atoms with van der Waals surface area (Å²) in [5.74, 6) is 0.968. The Morgan fingerprint density at radius 3 is 2.86 bits per heavy atom. The Hall–Kier alpha value is -2.47. The fourth-order valence-corrected chi connectivity index (χ4v) is 3.57. The van der Waals surface area contributed by atoms with Gasteiger partial charge in [0, 0.05) is 38.4 Å². The summed E-state index contributed by atoms with van der Waals surface area (Å²) in [5.41, 5.74) is 3.16. The number of aromatic nitrogens is 2. The van der Waals surface area contributed by atoms with Crippen molar-refractivity contribution in [2.24, 2.45) is 5.92 Å². The normalized spacial score (nSPS) is 16.8. The van der Waals surface area contributed by atoms with Crippen LogP contribution in [0.15, 0.2) is 36.4 Å². The number of aryl methyl sites for hydroxylation is 1.